The van der Waals surface area contributed by atoms with E-state index in [0.717, 1.165) is 34.9 Å². The molecule has 0 aromatic carbocycles. The maximum Gasteiger partial charge on any atom is 0.271 e. The van der Waals surface area contributed by atoms with E-state index in [1.165, 1.54) is 32.1 Å². The number of aromatic amines is 1. The van der Waals surface area contributed by atoms with Crippen molar-refractivity contribution in [1.82, 2.24) is 9.78 Å². The lowest BCUT2D eigenvalue weighted by Gasteiger charge is -2.54. The van der Waals surface area contributed by atoms with Crippen LogP contribution in [0.2, 0.25) is 0 Å². The van der Waals surface area contributed by atoms with E-state index < -0.39 is 0 Å². The van der Waals surface area contributed by atoms with Crippen molar-refractivity contribution in [2.24, 2.45) is 29.4 Å². The third-order valence-corrected chi connectivity index (χ3v) is 5.90. The van der Waals surface area contributed by atoms with E-state index in [2.05, 4.69) is 5.10 Å². The van der Waals surface area contributed by atoms with Crippen LogP contribution in [0.25, 0.3) is 0 Å². The van der Waals surface area contributed by atoms with E-state index in [1.54, 1.807) is 0 Å². The topological polar surface area (TPSA) is 63.8 Å². The smallest absolute Gasteiger partial charge is 0.271 e. The van der Waals surface area contributed by atoms with E-state index in [-0.39, 0.29) is 5.56 Å². The maximum absolute atomic E-state index is 12.5. The van der Waals surface area contributed by atoms with Gasteiger partial charge in [-0.25, -0.2) is 4.68 Å². The zero-order valence-corrected chi connectivity index (χ0v) is 11.6. The number of nitrogens with one attached hydrogen (secondary N) is 1. The number of nitrogens with two attached hydrogens (primary N) is 1. The fourth-order valence-corrected chi connectivity index (χ4v) is 5.37. The summed E-state index contributed by atoms with van der Waals surface area (Å²) in [5.74, 6) is 3.33. The largest absolute Gasteiger partial charge is 0.326 e. The van der Waals surface area contributed by atoms with Crippen LogP contribution in [0.3, 0.4) is 0 Å². The third kappa shape index (κ3) is 1.59. The first-order valence-electron chi connectivity index (χ1n) is 7.67. The van der Waals surface area contributed by atoms with Gasteiger partial charge in [0.25, 0.3) is 5.56 Å². The second-order valence-electron chi connectivity index (χ2n) is 7.02. The van der Waals surface area contributed by atoms with Crippen LogP contribution in [-0.4, -0.2) is 9.78 Å². The second kappa shape index (κ2) is 3.98. The first-order valence-corrected chi connectivity index (χ1v) is 7.67. The Hall–Kier alpha value is -1.03. The summed E-state index contributed by atoms with van der Waals surface area (Å²) in [6.45, 7) is 2.32. The fourth-order valence-electron chi connectivity index (χ4n) is 5.37. The number of H-pyrrole nitrogens is 1. The molecule has 0 atom stereocenters. The third-order valence-electron chi connectivity index (χ3n) is 5.90. The Morgan fingerprint density at radius 1 is 1.16 bits per heavy atom. The number of aryl methyl sites for hydroxylation is 1. The van der Waals surface area contributed by atoms with E-state index in [1.807, 2.05) is 11.6 Å². The number of rotatable bonds is 2. The summed E-state index contributed by atoms with van der Waals surface area (Å²) in [5.41, 5.74) is 7.57. The van der Waals surface area contributed by atoms with E-state index in [9.17, 15) is 4.79 Å². The molecule has 1 heterocycles. The average Bonchev–Trinajstić information content (AvgIpc) is 2.63. The van der Waals surface area contributed by atoms with E-state index in [0.29, 0.717) is 12.6 Å². The summed E-state index contributed by atoms with van der Waals surface area (Å²) in [4.78, 5) is 12.5. The van der Waals surface area contributed by atoms with Gasteiger partial charge >= 0.3 is 0 Å². The highest BCUT2D eigenvalue weighted by atomic mass is 16.1. The predicted molar refractivity (Wildman–Crippen MR) is 73.8 cm³/mol. The molecule has 1 aromatic rings. The van der Waals surface area contributed by atoms with Gasteiger partial charge in [0.05, 0.1) is 11.6 Å². The van der Waals surface area contributed by atoms with Crippen LogP contribution in [0.4, 0.5) is 0 Å². The molecule has 4 aliphatic rings. The van der Waals surface area contributed by atoms with Crippen LogP contribution in [-0.2, 0) is 6.54 Å². The van der Waals surface area contributed by atoms with Crippen molar-refractivity contribution < 1.29 is 0 Å². The zero-order valence-electron chi connectivity index (χ0n) is 11.6. The predicted octanol–water partition coefficient (Wildman–Crippen LogP) is 1.94. The molecule has 4 nitrogen and oxygen atoms in total. The maximum atomic E-state index is 12.5. The van der Waals surface area contributed by atoms with Gasteiger partial charge in [0.1, 0.15) is 0 Å². The van der Waals surface area contributed by atoms with Gasteiger partial charge in [0.2, 0.25) is 0 Å². The number of aromatic nitrogens is 2. The summed E-state index contributed by atoms with van der Waals surface area (Å²) < 4.78 is 1.94. The lowest BCUT2D eigenvalue weighted by Crippen LogP contribution is -2.48. The molecule has 3 N–H and O–H groups in total. The van der Waals surface area contributed by atoms with E-state index in [4.69, 9.17) is 5.73 Å². The fraction of sp³-hybridized carbons (Fsp3) is 0.800. The molecule has 0 saturated heterocycles. The van der Waals surface area contributed by atoms with Crippen LogP contribution < -0.4 is 11.3 Å². The summed E-state index contributed by atoms with van der Waals surface area (Å²) in [5, 5.41) is 3.32. The number of hydrogen-bond donors (Lipinski definition) is 2. The molecule has 0 amide bonds. The first kappa shape index (κ1) is 11.8. The Balaban J connectivity index is 1.75. The molecule has 0 radical (unpaired) electrons. The standard InChI is InChI=1S/C15H23N3O/c1-8-13(7-16)15(19)18(17-8)14-11-3-9-2-10(5-11)6-12(14)4-9/h9-12,14,17H,2-7,16H2,1H3. The summed E-state index contributed by atoms with van der Waals surface area (Å²) >= 11 is 0. The monoisotopic (exact) mass is 261 g/mol. The van der Waals surface area contributed by atoms with E-state index >= 15 is 0 Å². The van der Waals surface area contributed by atoms with Gasteiger partial charge in [0.15, 0.2) is 0 Å². The molecular formula is C15H23N3O. The quantitative estimate of drug-likeness (QED) is 0.854. The minimum absolute atomic E-state index is 0.137. The van der Waals surface area contributed by atoms with Crippen molar-refractivity contribution in [1.29, 1.82) is 0 Å². The first-order chi connectivity index (χ1) is 9.17. The van der Waals surface area contributed by atoms with Gasteiger partial charge in [-0.2, -0.15) is 0 Å². The molecule has 19 heavy (non-hydrogen) atoms. The van der Waals surface area contributed by atoms with Gasteiger partial charge in [-0.3, -0.25) is 9.89 Å². The van der Waals surface area contributed by atoms with Crippen molar-refractivity contribution in [3.8, 4) is 0 Å². The number of nitrogens with zero attached hydrogens (tertiary/aromatic N) is 1. The van der Waals surface area contributed by atoms with Crippen molar-refractivity contribution >= 4 is 0 Å². The number of hydrogen-bond acceptors (Lipinski definition) is 2. The second-order valence-corrected chi connectivity index (χ2v) is 7.02. The van der Waals surface area contributed by atoms with Crippen LogP contribution in [0.5, 0.6) is 0 Å². The van der Waals surface area contributed by atoms with Gasteiger partial charge < -0.3 is 5.73 Å². The summed E-state index contributed by atoms with van der Waals surface area (Å²) in [6, 6.07) is 0.416. The van der Waals surface area contributed by atoms with Gasteiger partial charge in [-0.05, 0) is 62.7 Å². The molecule has 0 aliphatic heterocycles. The Bertz CT molecular complexity index is 528. The van der Waals surface area contributed by atoms with Crippen molar-refractivity contribution in [2.75, 3.05) is 0 Å². The molecule has 104 valence electrons. The van der Waals surface area contributed by atoms with Crippen molar-refractivity contribution in [3.63, 3.8) is 0 Å². The molecular weight excluding hydrogens is 238 g/mol. The molecule has 0 unspecified atom stereocenters. The summed E-state index contributed by atoms with van der Waals surface area (Å²) in [7, 11) is 0. The van der Waals surface area contributed by atoms with Crippen LogP contribution in [0.15, 0.2) is 4.79 Å². The molecule has 4 heteroatoms. The highest BCUT2D eigenvalue weighted by Gasteiger charge is 2.49. The Morgan fingerprint density at radius 2 is 1.74 bits per heavy atom. The molecule has 5 rings (SSSR count). The zero-order chi connectivity index (χ0) is 13.1. The molecule has 4 aliphatic carbocycles. The molecule has 1 aromatic heterocycles. The normalized spacial score (nSPS) is 40.0. The van der Waals surface area contributed by atoms with Gasteiger partial charge in [-0.1, -0.05) is 0 Å². The SMILES string of the molecule is Cc1[nH]n(C2C3CC4CC(C3)CC2C4)c(=O)c1CN. The van der Waals surface area contributed by atoms with Crippen LogP contribution in [0.1, 0.15) is 49.4 Å². The lowest BCUT2D eigenvalue weighted by molar-refractivity contribution is -0.0349. The molecule has 4 saturated carbocycles. The summed E-state index contributed by atoms with van der Waals surface area (Å²) in [6.07, 6.45) is 6.78. The minimum atomic E-state index is 0.137. The van der Waals surface area contributed by atoms with Crippen LogP contribution in [0, 0.1) is 30.6 Å². The lowest BCUT2D eigenvalue weighted by atomic mass is 9.54. The molecule has 0 spiro atoms. The van der Waals surface area contributed by atoms with Crippen LogP contribution >= 0.6 is 0 Å². The van der Waals surface area contributed by atoms with Crippen molar-refractivity contribution in [2.45, 2.75) is 51.6 Å². The van der Waals surface area contributed by atoms with Gasteiger partial charge in [0, 0.05) is 12.2 Å². The Kier molecular flexibility index (Phi) is 2.47. The average molecular weight is 261 g/mol. The minimum Gasteiger partial charge on any atom is -0.326 e. The molecule has 4 fully saturated rings. The highest BCUT2D eigenvalue weighted by Crippen LogP contribution is 2.57. The highest BCUT2D eigenvalue weighted by molar-refractivity contribution is 5.16. The Labute approximate surface area is 113 Å². The molecule has 4 bridgehead atoms. The van der Waals surface area contributed by atoms with Gasteiger partial charge in [-0.15, -0.1) is 0 Å². The Morgan fingerprint density at radius 3 is 2.21 bits per heavy atom. The van der Waals surface area contributed by atoms with Crippen molar-refractivity contribution in [3.05, 3.63) is 21.6 Å².